The van der Waals surface area contributed by atoms with Crippen LogP contribution in [0.2, 0.25) is 0 Å². The highest BCUT2D eigenvalue weighted by molar-refractivity contribution is 5.88. The zero-order valence-corrected chi connectivity index (χ0v) is 24.0. The standard InChI is InChI=1S/C34H42N2O4/c1-25(2)30-19-10-11-20-32(30)40-24-33(37)36(23-27-15-12-18-29(21-27)39-3)31(22-26-13-6-4-7-14-26)34(38)35-28-16-8-5-9-17-28/h4,6-7,10-15,18-21,25,28,31H,5,8-9,16-17,22-24H2,1-3H3,(H,35,38)/t31-/m1/s1. The molecule has 0 heterocycles. The molecule has 1 atom stereocenters. The van der Waals surface area contributed by atoms with Gasteiger partial charge in [-0.1, -0.05) is 93.8 Å². The summed E-state index contributed by atoms with van der Waals surface area (Å²) in [6.45, 7) is 4.31. The highest BCUT2D eigenvalue weighted by Gasteiger charge is 2.32. The van der Waals surface area contributed by atoms with Crippen LogP contribution in [0.1, 0.15) is 68.6 Å². The third kappa shape index (κ3) is 8.10. The third-order valence-electron chi connectivity index (χ3n) is 7.60. The van der Waals surface area contributed by atoms with Gasteiger partial charge in [0.15, 0.2) is 6.61 Å². The van der Waals surface area contributed by atoms with Crippen molar-refractivity contribution >= 4 is 11.8 Å². The lowest BCUT2D eigenvalue weighted by Crippen LogP contribution is -2.53. The highest BCUT2D eigenvalue weighted by Crippen LogP contribution is 2.26. The third-order valence-corrected chi connectivity index (χ3v) is 7.60. The van der Waals surface area contributed by atoms with E-state index in [0.29, 0.717) is 17.9 Å². The fourth-order valence-corrected chi connectivity index (χ4v) is 5.38. The average molecular weight is 543 g/mol. The summed E-state index contributed by atoms with van der Waals surface area (Å²) in [7, 11) is 1.62. The number of hydrogen-bond acceptors (Lipinski definition) is 4. The van der Waals surface area contributed by atoms with E-state index >= 15 is 0 Å². The lowest BCUT2D eigenvalue weighted by Gasteiger charge is -2.33. The first-order chi connectivity index (χ1) is 19.4. The molecular formula is C34H42N2O4. The largest absolute Gasteiger partial charge is 0.497 e. The van der Waals surface area contributed by atoms with Gasteiger partial charge in [0.05, 0.1) is 7.11 Å². The number of hydrogen-bond donors (Lipinski definition) is 1. The maximum Gasteiger partial charge on any atom is 0.261 e. The summed E-state index contributed by atoms with van der Waals surface area (Å²) in [6, 6.07) is 24.8. The first kappa shape index (κ1) is 29.2. The first-order valence-electron chi connectivity index (χ1n) is 14.4. The van der Waals surface area contributed by atoms with Crippen LogP contribution in [0.25, 0.3) is 0 Å². The van der Waals surface area contributed by atoms with Crippen molar-refractivity contribution in [1.29, 1.82) is 0 Å². The molecule has 6 nitrogen and oxygen atoms in total. The summed E-state index contributed by atoms with van der Waals surface area (Å²) < 4.78 is 11.5. The van der Waals surface area contributed by atoms with Gasteiger partial charge in [0.2, 0.25) is 5.91 Å². The van der Waals surface area contributed by atoms with Crippen molar-refractivity contribution in [1.82, 2.24) is 10.2 Å². The molecule has 4 rings (SSSR count). The fourth-order valence-electron chi connectivity index (χ4n) is 5.38. The van der Waals surface area contributed by atoms with Gasteiger partial charge >= 0.3 is 0 Å². The van der Waals surface area contributed by atoms with Gasteiger partial charge in [-0.3, -0.25) is 9.59 Å². The van der Waals surface area contributed by atoms with Crippen molar-refractivity contribution in [2.24, 2.45) is 0 Å². The molecule has 40 heavy (non-hydrogen) atoms. The number of benzene rings is 3. The average Bonchev–Trinajstić information content (AvgIpc) is 2.99. The van der Waals surface area contributed by atoms with E-state index in [1.165, 1.54) is 6.42 Å². The van der Waals surface area contributed by atoms with Gasteiger partial charge in [-0.25, -0.2) is 0 Å². The normalized spacial score (nSPS) is 14.4. The molecule has 0 aromatic heterocycles. The number of para-hydroxylation sites is 1. The molecule has 0 bridgehead atoms. The predicted molar refractivity (Wildman–Crippen MR) is 159 cm³/mol. The minimum absolute atomic E-state index is 0.116. The second-order valence-corrected chi connectivity index (χ2v) is 10.9. The van der Waals surface area contributed by atoms with E-state index in [1.54, 1.807) is 12.0 Å². The van der Waals surface area contributed by atoms with Crippen LogP contribution in [0.3, 0.4) is 0 Å². The Hall–Kier alpha value is -3.80. The summed E-state index contributed by atoms with van der Waals surface area (Å²) >= 11 is 0. The Bertz CT molecular complexity index is 1240. The molecule has 3 aromatic carbocycles. The maximum absolute atomic E-state index is 14.0. The van der Waals surface area contributed by atoms with Crippen molar-refractivity contribution in [3.8, 4) is 11.5 Å². The van der Waals surface area contributed by atoms with Gasteiger partial charge < -0.3 is 19.7 Å². The first-order valence-corrected chi connectivity index (χ1v) is 14.4. The van der Waals surface area contributed by atoms with E-state index in [-0.39, 0.29) is 36.9 Å². The van der Waals surface area contributed by atoms with Crippen LogP contribution in [0.15, 0.2) is 78.9 Å². The molecule has 0 aliphatic heterocycles. The molecule has 1 saturated carbocycles. The predicted octanol–water partition coefficient (Wildman–Crippen LogP) is 6.29. The van der Waals surface area contributed by atoms with Crippen molar-refractivity contribution in [2.45, 2.75) is 76.9 Å². The zero-order valence-electron chi connectivity index (χ0n) is 24.0. The van der Waals surface area contributed by atoms with Crippen LogP contribution < -0.4 is 14.8 Å². The molecule has 3 aromatic rings. The molecule has 0 unspecified atom stereocenters. The molecule has 1 N–H and O–H groups in total. The summed E-state index contributed by atoms with van der Waals surface area (Å²) in [5.41, 5.74) is 2.94. The summed E-state index contributed by atoms with van der Waals surface area (Å²) in [5, 5.41) is 3.28. The Morgan fingerprint density at radius 2 is 1.60 bits per heavy atom. The lowest BCUT2D eigenvalue weighted by molar-refractivity contribution is -0.143. The van der Waals surface area contributed by atoms with Gasteiger partial charge in [-0.15, -0.1) is 0 Å². The second kappa shape index (κ2) is 14.5. The van der Waals surface area contributed by atoms with E-state index in [0.717, 1.165) is 42.4 Å². The minimum atomic E-state index is -0.688. The van der Waals surface area contributed by atoms with Crippen LogP contribution in [-0.2, 0) is 22.6 Å². The lowest BCUT2D eigenvalue weighted by atomic mass is 9.94. The van der Waals surface area contributed by atoms with Crippen LogP contribution in [0, 0.1) is 0 Å². The van der Waals surface area contributed by atoms with Crippen LogP contribution in [0.4, 0.5) is 0 Å². The summed E-state index contributed by atoms with van der Waals surface area (Å²) in [5.74, 6) is 1.30. The van der Waals surface area contributed by atoms with Crippen molar-refractivity contribution in [2.75, 3.05) is 13.7 Å². The van der Waals surface area contributed by atoms with Crippen molar-refractivity contribution < 1.29 is 19.1 Å². The quantitative estimate of drug-likeness (QED) is 0.292. The van der Waals surface area contributed by atoms with E-state index in [9.17, 15) is 9.59 Å². The number of rotatable bonds is 12. The second-order valence-electron chi connectivity index (χ2n) is 10.9. The number of carbonyl (C=O) groups is 2. The van der Waals surface area contributed by atoms with E-state index in [2.05, 4.69) is 19.2 Å². The van der Waals surface area contributed by atoms with E-state index < -0.39 is 6.04 Å². The monoisotopic (exact) mass is 542 g/mol. The number of ether oxygens (including phenoxy) is 2. The highest BCUT2D eigenvalue weighted by atomic mass is 16.5. The number of carbonyl (C=O) groups excluding carboxylic acids is 2. The molecule has 212 valence electrons. The van der Waals surface area contributed by atoms with Crippen molar-refractivity contribution in [3.05, 3.63) is 95.6 Å². The van der Waals surface area contributed by atoms with Gasteiger partial charge in [-0.05, 0) is 53.6 Å². The summed E-state index contributed by atoms with van der Waals surface area (Å²) in [6.07, 6.45) is 5.80. The minimum Gasteiger partial charge on any atom is -0.497 e. The molecular weight excluding hydrogens is 500 g/mol. The zero-order chi connectivity index (χ0) is 28.3. The Morgan fingerprint density at radius 1 is 0.900 bits per heavy atom. The molecule has 0 spiro atoms. The number of methoxy groups -OCH3 is 1. The Balaban J connectivity index is 1.64. The van der Waals surface area contributed by atoms with Gasteiger partial charge in [-0.2, -0.15) is 0 Å². The molecule has 1 aliphatic rings. The van der Waals surface area contributed by atoms with Gasteiger partial charge in [0, 0.05) is 19.0 Å². The molecule has 1 fully saturated rings. The summed E-state index contributed by atoms with van der Waals surface area (Å²) in [4.78, 5) is 29.6. The smallest absolute Gasteiger partial charge is 0.261 e. The molecule has 0 saturated heterocycles. The Morgan fingerprint density at radius 3 is 2.33 bits per heavy atom. The van der Waals surface area contributed by atoms with E-state index in [1.807, 2.05) is 78.9 Å². The van der Waals surface area contributed by atoms with Gasteiger partial charge in [0.25, 0.3) is 5.91 Å². The Labute approximate surface area is 238 Å². The van der Waals surface area contributed by atoms with E-state index in [4.69, 9.17) is 9.47 Å². The van der Waals surface area contributed by atoms with Crippen LogP contribution in [-0.4, -0.2) is 42.5 Å². The SMILES string of the molecule is COc1cccc(CN(C(=O)COc2ccccc2C(C)C)[C@H](Cc2ccccc2)C(=O)NC2CCCCC2)c1. The molecule has 2 amide bonds. The molecule has 6 heteroatoms. The molecule has 1 aliphatic carbocycles. The van der Waals surface area contributed by atoms with Crippen LogP contribution in [0.5, 0.6) is 11.5 Å². The maximum atomic E-state index is 14.0. The topological polar surface area (TPSA) is 67.9 Å². The number of nitrogens with zero attached hydrogens (tertiary/aromatic N) is 1. The van der Waals surface area contributed by atoms with Gasteiger partial charge in [0.1, 0.15) is 17.5 Å². The van der Waals surface area contributed by atoms with Crippen LogP contribution >= 0.6 is 0 Å². The molecule has 0 radical (unpaired) electrons. The Kier molecular flexibility index (Phi) is 10.6. The fraction of sp³-hybridized carbons (Fsp3) is 0.412. The number of nitrogens with one attached hydrogen (secondary N) is 1. The number of amides is 2. The van der Waals surface area contributed by atoms with Crippen molar-refractivity contribution in [3.63, 3.8) is 0 Å².